The number of carboxylic acid groups (broad SMARTS) is 1. The van der Waals surface area contributed by atoms with E-state index in [1.807, 2.05) is 39.0 Å². The van der Waals surface area contributed by atoms with E-state index in [4.69, 9.17) is 5.11 Å². The van der Waals surface area contributed by atoms with Crippen molar-refractivity contribution in [2.45, 2.75) is 39.7 Å². The zero-order valence-corrected chi connectivity index (χ0v) is 12.2. The van der Waals surface area contributed by atoms with Crippen molar-refractivity contribution < 1.29 is 14.7 Å². The van der Waals surface area contributed by atoms with Gasteiger partial charge in [-0.15, -0.1) is 0 Å². The summed E-state index contributed by atoms with van der Waals surface area (Å²) >= 11 is 0. The van der Waals surface area contributed by atoms with Gasteiger partial charge < -0.3 is 10.4 Å². The number of aryl methyl sites for hydroxylation is 2. The van der Waals surface area contributed by atoms with E-state index < -0.39 is 12.0 Å². The molecule has 0 aliphatic carbocycles. The molecule has 110 valence electrons. The van der Waals surface area contributed by atoms with Crippen molar-refractivity contribution in [3.8, 4) is 0 Å². The van der Waals surface area contributed by atoms with Crippen LogP contribution in [0.1, 0.15) is 30.9 Å². The lowest BCUT2D eigenvalue weighted by atomic mass is 10.1. The molecule has 3 N–H and O–H groups in total. The Morgan fingerprint density at radius 3 is 2.35 bits per heavy atom. The molecule has 0 aromatic heterocycles. The van der Waals surface area contributed by atoms with Gasteiger partial charge in [0.15, 0.2) is 0 Å². The molecule has 1 rings (SSSR count). The van der Waals surface area contributed by atoms with E-state index in [0.29, 0.717) is 6.42 Å². The van der Waals surface area contributed by atoms with Crippen molar-refractivity contribution in [3.63, 3.8) is 0 Å². The summed E-state index contributed by atoms with van der Waals surface area (Å²) < 4.78 is 0. The minimum atomic E-state index is -0.924. The van der Waals surface area contributed by atoms with Crippen molar-refractivity contribution in [1.29, 1.82) is 0 Å². The Kier molecular flexibility index (Phi) is 6.18. The summed E-state index contributed by atoms with van der Waals surface area (Å²) in [5.74, 6) is -1.16. The maximum absolute atomic E-state index is 11.9. The van der Waals surface area contributed by atoms with Crippen molar-refractivity contribution in [3.05, 3.63) is 29.3 Å². The number of benzene rings is 1. The summed E-state index contributed by atoms with van der Waals surface area (Å²) in [4.78, 5) is 22.9. The van der Waals surface area contributed by atoms with Crippen LogP contribution in [0.5, 0.6) is 0 Å². The molecular weight excluding hydrogens is 256 g/mol. The summed E-state index contributed by atoms with van der Waals surface area (Å²) in [5.41, 5.74) is 2.77. The van der Waals surface area contributed by atoms with Gasteiger partial charge in [-0.2, -0.15) is 0 Å². The Balaban J connectivity index is 2.58. The molecule has 1 aromatic carbocycles. The third-order valence-corrected chi connectivity index (χ3v) is 3.13. The van der Waals surface area contributed by atoms with Gasteiger partial charge in [0.05, 0.1) is 6.54 Å². The molecule has 20 heavy (non-hydrogen) atoms. The molecule has 1 atom stereocenters. The first-order valence-electron chi connectivity index (χ1n) is 6.78. The molecule has 5 nitrogen and oxygen atoms in total. The van der Waals surface area contributed by atoms with Gasteiger partial charge in [-0.25, -0.2) is 0 Å². The highest BCUT2D eigenvalue weighted by molar-refractivity contribution is 5.94. The molecule has 0 radical (unpaired) electrons. The second-order valence-corrected chi connectivity index (χ2v) is 4.88. The van der Waals surface area contributed by atoms with Crippen molar-refractivity contribution >= 4 is 17.6 Å². The van der Waals surface area contributed by atoms with E-state index in [-0.39, 0.29) is 12.5 Å². The standard InChI is InChI=1S/C15H22N2O3/c1-4-6-12(15(19)20)16-9-13(18)17-14-10(2)7-5-8-11(14)3/h5,7-8,12,16H,4,6,9H2,1-3H3,(H,17,18)(H,19,20). The Morgan fingerprint density at radius 2 is 1.85 bits per heavy atom. The van der Waals surface area contributed by atoms with Gasteiger partial charge >= 0.3 is 5.97 Å². The van der Waals surface area contributed by atoms with E-state index in [0.717, 1.165) is 23.2 Å². The Morgan fingerprint density at radius 1 is 1.25 bits per heavy atom. The minimum Gasteiger partial charge on any atom is -0.480 e. The topological polar surface area (TPSA) is 78.4 Å². The van der Waals surface area contributed by atoms with Crippen LogP contribution in [0, 0.1) is 13.8 Å². The van der Waals surface area contributed by atoms with Crippen LogP contribution >= 0.6 is 0 Å². The first-order chi connectivity index (χ1) is 9.45. The molecule has 0 saturated carbocycles. The van der Waals surface area contributed by atoms with Crippen LogP contribution in [0.15, 0.2) is 18.2 Å². The van der Waals surface area contributed by atoms with Gasteiger partial charge in [-0.1, -0.05) is 31.5 Å². The lowest BCUT2D eigenvalue weighted by Gasteiger charge is -2.15. The number of nitrogens with one attached hydrogen (secondary N) is 2. The highest BCUT2D eigenvalue weighted by Gasteiger charge is 2.17. The summed E-state index contributed by atoms with van der Waals surface area (Å²) in [6.07, 6.45) is 1.26. The molecule has 5 heteroatoms. The van der Waals surface area contributed by atoms with E-state index in [9.17, 15) is 9.59 Å². The smallest absolute Gasteiger partial charge is 0.320 e. The largest absolute Gasteiger partial charge is 0.480 e. The van der Waals surface area contributed by atoms with Crippen LogP contribution in [0.3, 0.4) is 0 Å². The first kappa shape index (κ1) is 16.2. The average molecular weight is 278 g/mol. The second kappa shape index (κ2) is 7.65. The van der Waals surface area contributed by atoms with Crippen LogP contribution in [-0.2, 0) is 9.59 Å². The van der Waals surface area contributed by atoms with Gasteiger partial charge in [0.2, 0.25) is 5.91 Å². The molecular formula is C15H22N2O3. The molecule has 0 saturated heterocycles. The van der Waals surface area contributed by atoms with Crippen molar-refractivity contribution in [2.24, 2.45) is 0 Å². The molecule has 0 spiro atoms. The zero-order chi connectivity index (χ0) is 15.1. The zero-order valence-electron chi connectivity index (χ0n) is 12.2. The number of para-hydroxylation sites is 1. The predicted molar refractivity (Wildman–Crippen MR) is 78.9 cm³/mol. The highest BCUT2D eigenvalue weighted by atomic mass is 16.4. The fourth-order valence-electron chi connectivity index (χ4n) is 2.01. The maximum atomic E-state index is 11.9. The molecule has 0 aliphatic rings. The summed E-state index contributed by atoms with van der Waals surface area (Å²) in [5, 5.41) is 14.6. The van der Waals surface area contributed by atoms with Crippen LogP contribution in [0.25, 0.3) is 0 Å². The average Bonchev–Trinajstić information content (AvgIpc) is 2.38. The Labute approximate surface area is 119 Å². The molecule has 1 unspecified atom stereocenters. The molecule has 0 bridgehead atoms. The van der Waals surface area contributed by atoms with Gasteiger partial charge in [0.25, 0.3) is 0 Å². The number of carbonyl (C=O) groups excluding carboxylic acids is 1. The van der Waals surface area contributed by atoms with E-state index >= 15 is 0 Å². The number of carbonyl (C=O) groups is 2. The lowest BCUT2D eigenvalue weighted by molar-refractivity contribution is -0.139. The fraction of sp³-hybridized carbons (Fsp3) is 0.467. The number of anilines is 1. The van der Waals surface area contributed by atoms with E-state index in [1.165, 1.54) is 0 Å². The maximum Gasteiger partial charge on any atom is 0.320 e. The predicted octanol–water partition coefficient (Wildman–Crippen LogP) is 2.08. The Bertz CT molecular complexity index is 466. The molecule has 1 aromatic rings. The summed E-state index contributed by atoms with van der Waals surface area (Å²) in [7, 11) is 0. The SMILES string of the molecule is CCCC(NCC(=O)Nc1c(C)cccc1C)C(=O)O. The minimum absolute atomic E-state index is 0.00919. The monoisotopic (exact) mass is 278 g/mol. The van der Waals surface area contributed by atoms with Gasteiger partial charge in [-0.05, 0) is 31.4 Å². The number of hydrogen-bond donors (Lipinski definition) is 3. The number of rotatable bonds is 7. The van der Waals surface area contributed by atoms with Crippen molar-refractivity contribution in [2.75, 3.05) is 11.9 Å². The quantitative estimate of drug-likeness (QED) is 0.713. The molecule has 1 amide bonds. The van der Waals surface area contributed by atoms with Crippen LogP contribution in [0.2, 0.25) is 0 Å². The van der Waals surface area contributed by atoms with E-state index in [2.05, 4.69) is 10.6 Å². The number of carboxylic acids is 1. The number of amides is 1. The van der Waals surface area contributed by atoms with Crippen LogP contribution in [-0.4, -0.2) is 29.6 Å². The first-order valence-corrected chi connectivity index (χ1v) is 6.78. The summed E-state index contributed by atoms with van der Waals surface area (Å²) in [6, 6.07) is 5.10. The van der Waals surface area contributed by atoms with Crippen LogP contribution in [0.4, 0.5) is 5.69 Å². The Hall–Kier alpha value is -1.88. The fourth-order valence-corrected chi connectivity index (χ4v) is 2.01. The normalized spacial score (nSPS) is 11.9. The van der Waals surface area contributed by atoms with Crippen LogP contribution < -0.4 is 10.6 Å². The third-order valence-electron chi connectivity index (χ3n) is 3.13. The summed E-state index contributed by atoms with van der Waals surface area (Å²) in [6.45, 7) is 5.75. The number of aliphatic carboxylic acids is 1. The van der Waals surface area contributed by atoms with Gasteiger partial charge in [-0.3, -0.25) is 14.9 Å². The molecule has 0 aliphatic heterocycles. The second-order valence-electron chi connectivity index (χ2n) is 4.88. The van der Waals surface area contributed by atoms with E-state index in [1.54, 1.807) is 0 Å². The molecule has 0 heterocycles. The lowest BCUT2D eigenvalue weighted by Crippen LogP contribution is -2.41. The highest BCUT2D eigenvalue weighted by Crippen LogP contribution is 2.18. The molecule has 0 fully saturated rings. The third kappa shape index (κ3) is 4.66. The van der Waals surface area contributed by atoms with Crippen molar-refractivity contribution in [1.82, 2.24) is 5.32 Å². The van der Waals surface area contributed by atoms with Gasteiger partial charge in [0.1, 0.15) is 6.04 Å². The van der Waals surface area contributed by atoms with Gasteiger partial charge in [0, 0.05) is 5.69 Å². The number of hydrogen-bond acceptors (Lipinski definition) is 3.